The van der Waals surface area contributed by atoms with E-state index in [9.17, 15) is 23.6 Å². The molecule has 0 saturated carbocycles. The Morgan fingerprint density at radius 2 is 1.95 bits per heavy atom. The molecular weight excluding hydrogens is 490 g/mol. The van der Waals surface area contributed by atoms with Crippen molar-refractivity contribution < 1.29 is 37.1 Å². The number of benzene rings is 2. The smallest absolute Gasteiger partial charge is 0.353 e. The Kier molecular flexibility index (Phi) is 6.78. The zero-order chi connectivity index (χ0) is 27.1. The van der Waals surface area contributed by atoms with Crippen LogP contribution in [0, 0.1) is 5.82 Å². The topological polar surface area (TPSA) is 105 Å². The third-order valence-electron chi connectivity index (χ3n) is 6.53. The summed E-state index contributed by atoms with van der Waals surface area (Å²) in [5.74, 6) is -8.12. The number of hydrogen-bond donors (Lipinski definition) is 2. The van der Waals surface area contributed by atoms with Gasteiger partial charge in [-0.1, -0.05) is 12.1 Å². The number of fused-ring (bicyclic) bond motifs is 1. The molecule has 2 aromatic carbocycles. The molecular formula is C25H25BF3N3O5. The van der Waals surface area contributed by atoms with E-state index in [2.05, 4.69) is 10.6 Å². The summed E-state index contributed by atoms with van der Waals surface area (Å²) in [5, 5.41) is 4.45. The molecule has 2 N–H and O–H groups in total. The van der Waals surface area contributed by atoms with Gasteiger partial charge in [-0.05, 0) is 49.6 Å². The lowest BCUT2D eigenvalue weighted by Gasteiger charge is -2.39. The van der Waals surface area contributed by atoms with Gasteiger partial charge in [0.25, 0.3) is 11.8 Å². The van der Waals surface area contributed by atoms with Gasteiger partial charge < -0.3 is 15.0 Å². The number of ether oxygens (including phenoxy) is 1. The summed E-state index contributed by atoms with van der Waals surface area (Å²) in [6.45, 7) is 3.01. The van der Waals surface area contributed by atoms with Crippen molar-refractivity contribution in [1.82, 2.24) is 15.5 Å². The number of piperidine rings is 1. The Morgan fingerprint density at radius 3 is 2.62 bits per heavy atom. The number of alkyl halides is 2. The minimum Gasteiger partial charge on any atom is -0.490 e. The number of imide groups is 1. The van der Waals surface area contributed by atoms with Crippen LogP contribution in [0.3, 0.4) is 0 Å². The number of halogens is 3. The number of amides is 4. The van der Waals surface area contributed by atoms with Crippen LogP contribution in [0.1, 0.15) is 53.7 Å². The van der Waals surface area contributed by atoms with E-state index in [4.69, 9.17) is 4.74 Å². The van der Waals surface area contributed by atoms with Gasteiger partial charge in [-0.2, -0.15) is 8.78 Å². The quantitative estimate of drug-likeness (QED) is 0.432. The molecule has 1 atom stereocenters. The van der Waals surface area contributed by atoms with E-state index in [-0.39, 0.29) is 31.8 Å². The van der Waals surface area contributed by atoms with E-state index in [1.165, 1.54) is 17.0 Å². The summed E-state index contributed by atoms with van der Waals surface area (Å²) in [5.41, 5.74) is -0.573. The van der Waals surface area contributed by atoms with Crippen LogP contribution in [0.15, 0.2) is 36.4 Å². The average Bonchev–Trinajstić information content (AvgIpc) is 3.16. The van der Waals surface area contributed by atoms with Crippen molar-refractivity contribution in [1.29, 1.82) is 0 Å². The highest BCUT2D eigenvalue weighted by atomic mass is 19.3. The van der Waals surface area contributed by atoms with E-state index in [1.54, 1.807) is 27.8 Å². The second-order valence-corrected chi connectivity index (χ2v) is 9.60. The molecule has 0 radical (unpaired) electrons. The predicted octanol–water partition coefficient (Wildman–Crippen LogP) is 1.74. The molecule has 194 valence electrons. The van der Waals surface area contributed by atoms with Gasteiger partial charge >= 0.3 is 5.92 Å². The zero-order valence-corrected chi connectivity index (χ0v) is 20.5. The molecule has 4 rings (SSSR count). The summed E-state index contributed by atoms with van der Waals surface area (Å²) < 4.78 is 48.9. The van der Waals surface area contributed by atoms with Gasteiger partial charge in [-0.25, -0.2) is 4.39 Å². The number of rotatable bonds is 7. The maximum absolute atomic E-state index is 15.0. The standard InChI is InChI=1S/C25H25BF3N3O5/c1-13(2)37-19-10-16(27)4-6-18(19)25(28,29)23(36)30-11-14-3-5-17-15(9-14)12-32(21(17)34)24(26)8-7-20(33)31-22(24)35/h3-6,9-10,13H,7-8,11-12,26H2,1-2H3,(H,30,36)(H,31,33,35)/t24-/m0/s1. The SMILES string of the molecule is B[C@]1(N2Cc3cc(CNC(=O)C(F)(F)c4ccc(F)cc4OC(C)C)ccc3C2=O)CCC(=O)NC1=O. The van der Waals surface area contributed by atoms with Gasteiger partial charge in [-0.3, -0.25) is 24.5 Å². The van der Waals surface area contributed by atoms with Crippen LogP contribution in [0.5, 0.6) is 5.75 Å². The normalized spacial score (nSPS) is 19.6. The summed E-state index contributed by atoms with van der Waals surface area (Å²) in [4.78, 5) is 50.9. The molecule has 0 aromatic heterocycles. The number of hydrogen-bond acceptors (Lipinski definition) is 5. The van der Waals surface area contributed by atoms with Gasteiger partial charge in [0.1, 0.15) is 19.4 Å². The van der Waals surface area contributed by atoms with Crippen LogP contribution in [-0.4, -0.2) is 47.9 Å². The van der Waals surface area contributed by atoms with Crippen molar-refractivity contribution >= 4 is 31.5 Å². The zero-order valence-electron chi connectivity index (χ0n) is 20.5. The van der Waals surface area contributed by atoms with Gasteiger partial charge in [-0.15, -0.1) is 0 Å². The molecule has 1 saturated heterocycles. The van der Waals surface area contributed by atoms with Crippen LogP contribution < -0.4 is 15.4 Å². The van der Waals surface area contributed by atoms with Gasteiger partial charge in [0.15, 0.2) is 0 Å². The van der Waals surface area contributed by atoms with Crippen molar-refractivity contribution in [3.63, 3.8) is 0 Å². The summed E-state index contributed by atoms with van der Waals surface area (Å²) in [6.07, 6.45) is -0.233. The van der Waals surface area contributed by atoms with Crippen LogP contribution >= 0.6 is 0 Å². The summed E-state index contributed by atoms with van der Waals surface area (Å²) >= 11 is 0. The minimum atomic E-state index is -4.00. The van der Waals surface area contributed by atoms with Crippen LogP contribution in [0.2, 0.25) is 0 Å². The van der Waals surface area contributed by atoms with Crippen molar-refractivity contribution in [2.75, 3.05) is 0 Å². The molecule has 2 aromatic rings. The number of nitrogens with zero attached hydrogens (tertiary/aromatic N) is 1. The number of carbonyl (C=O) groups is 4. The van der Waals surface area contributed by atoms with E-state index in [1.807, 2.05) is 0 Å². The van der Waals surface area contributed by atoms with Gasteiger partial charge in [0.05, 0.1) is 17.1 Å². The molecule has 37 heavy (non-hydrogen) atoms. The average molecular weight is 515 g/mol. The lowest BCUT2D eigenvalue weighted by molar-refractivity contribution is -0.147. The molecule has 4 amide bonds. The first-order valence-corrected chi connectivity index (χ1v) is 11.7. The highest BCUT2D eigenvalue weighted by molar-refractivity contribution is 6.32. The fraction of sp³-hybridized carbons (Fsp3) is 0.360. The summed E-state index contributed by atoms with van der Waals surface area (Å²) in [6, 6.07) is 7.10. The number of nitrogens with one attached hydrogen (secondary N) is 2. The van der Waals surface area contributed by atoms with Crippen LogP contribution in [-0.2, 0) is 33.4 Å². The van der Waals surface area contributed by atoms with E-state index in [0.717, 1.165) is 18.2 Å². The first-order chi connectivity index (χ1) is 17.3. The first kappa shape index (κ1) is 26.2. The predicted molar refractivity (Wildman–Crippen MR) is 128 cm³/mol. The van der Waals surface area contributed by atoms with E-state index in [0.29, 0.717) is 16.7 Å². The van der Waals surface area contributed by atoms with E-state index < -0.39 is 52.3 Å². The molecule has 2 heterocycles. The molecule has 2 aliphatic rings. The lowest BCUT2D eigenvalue weighted by atomic mass is 9.70. The largest absolute Gasteiger partial charge is 0.490 e. The molecule has 0 spiro atoms. The third-order valence-corrected chi connectivity index (χ3v) is 6.53. The fourth-order valence-corrected chi connectivity index (χ4v) is 4.46. The molecule has 2 aliphatic heterocycles. The Balaban J connectivity index is 1.48. The molecule has 0 bridgehead atoms. The minimum absolute atomic E-state index is 0.0930. The van der Waals surface area contributed by atoms with Crippen LogP contribution in [0.25, 0.3) is 0 Å². The Bertz CT molecular complexity index is 1300. The number of carbonyl (C=O) groups excluding carboxylic acids is 4. The van der Waals surface area contributed by atoms with Crippen molar-refractivity contribution in [2.24, 2.45) is 0 Å². The Hall–Kier alpha value is -3.83. The second kappa shape index (κ2) is 9.57. The maximum atomic E-state index is 15.0. The molecule has 12 heteroatoms. The monoisotopic (exact) mass is 515 g/mol. The highest BCUT2D eigenvalue weighted by Crippen LogP contribution is 2.37. The van der Waals surface area contributed by atoms with Crippen LogP contribution in [0.4, 0.5) is 13.2 Å². The Labute approximate surface area is 211 Å². The summed E-state index contributed by atoms with van der Waals surface area (Å²) in [7, 11) is 1.59. The Morgan fingerprint density at radius 1 is 1.22 bits per heavy atom. The molecule has 0 aliphatic carbocycles. The third kappa shape index (κ3) is 4.92. The second-order valence-electron chi connectivity index (χ2n) is 9.60. The molecule has 8 nitrogen and oxygen atoms in total. The lowest BCUT2D eigenvalue weighted by Crippen LogP contribution is -2.63. The highest BCUT2D eigenvalue weighted by Gasteiger charge is 2.48. The van der Waals surface area contributed by atoms with Gasteiger partial charge in [0, 0.05) is 31.1 Å². The van der Waals surface area contributed by atoms with Gasteiger partial charge in [0.2, 0.25) is 11.8 Å². The first-order valence-electron chi connectivity index (χ1n) is 11.7. The maximum Gasteiger partial charge on any atom is 0.353 e. The van der Waals surface area contributed by atoms with E-state index >= 15 is 8.78 Å². The van der Waals surface area contributed by atoms with Crippen molar-refractivity contribution in [2.45, 2.75) is 57.2 Å². The van der Waals surface area contributed by atoms with Crippen molar-refractivity contribution in [3.8, 4) is 5.75 Å². The molecule has 1 fully saturated rings. The fourth-order valence-electron chi connectivity index (χ4n) is 4.46. The van der Waals surface area contributed by atoms with Crippen molar-refractivity contribution in [3.05, 3.63) is 64.5 Å². The molecule has 0 unspecified atom stereocenters.